The Labute approximate surface area is 124 Å². The molecule has 0 bridgehead atoms. The molecule has 3 N–H and O–H groups in total. The van der Waals surface area contributed by atoms with Crippen LogP contribution >= 0.6 is 0 Å². The Morgan fingerprint density at radius 2 is 2.05 bits per heavy atom. The Kier molecular flexibility index (Phi) is 5.29. The highest BCUT2D eigenvalue weighted by molar-refractivity contribution is 5.91. The fourth-order valence-corrected chi connectivity index (χ4v) is 1.81. The number of para-hydroxylation sites is 1. The van der Waals surface area contributed by atoms with Crippen molar-refractivity contribution in [3.63, 3.8) is 0 Å². The molecule has 0 aliphatic carbocycles. The van der Waals surface area contributed by atoms with Gasteiger partial charge in [-0.25, -0.2) is 0 Å². The van der Waals surface area contributed by atoms with Crippen LogP contribution in [0.4, 0.5) is 5.69 Å². The van der Waals surface area contributed by atoms with Crippen molar-refractivity contribution in [2.45, 2.75) is 19.4 Å². The number of pyridine rings is 1. The van der Waals surface area contributed by atoms with Crippen LogP contribution in [0.3, 0.4) is 0 Å². The van der Waals surface area contributed by atoms with Crippen molar-refractivity contribution in [1.82, 2.24) is 4.98 Å². The quantitative estimate of drug-likeness (QED) is 0.851. The van der Waals surface area contributed by atoms with Gasteiger partial charge in [-0.3, -0.25) is 9.78 Å². The van der Waals surface area contributed by atoms with Crippen molar-refractivity contribution < 1.29 is 9.53 Å². The van der Waals surface area contributed by atoms with E-state index in [-0.39, 0.29) is 18.6 Å². The van der Waals surface area contributed by atoms with Gasteiger partial charge in [0.2, 0.25) is 0 Å². The molecule has 1 heterocycles. The third-order valence-corrected chi connectivity index (χ3v) is 2.76. The van der Waals surface area contributed by atoms with Crippen molar-refractivity contribution in [2.24, 2.45) is 5.73 Å². The molecule has 110 valence electrons. The van der Waals surface area contributed by atoms with Gasteiger partial charge in [0.1, 0.15) is 5.75 Å². The molecule has 0 aliphatic rings. The summed E-state index contributed by atoms with van der Waals surface area (Å²) >= 11 is 0. The van der Waals surface area contributed by atoms with Crippen molar-refractivity contribution in [1.29, 1.82) is 0 Å². The zero-order chi connectivity index (χ0) is 15.1. The Morgan fingerprint density at radius 3 is 2.67 bits per heavy atom. The molecule has 0 aliphatic heterocycles. The summed E-state index contributed by atoms with van der Waals surface area (Å²) in [5.74, 6) is 0.354. The molecule has 0 saturated carbocycles. The number of nitrogens with two attached hydrogens (primary N) is 1. The molecule has 0 spiro atoms. The predicted molar refractivity (Wildman–Crippen MR) is 82.2 cm³/mol. The second-order valence-electron chi connectivity index (χ2n) is 4.87. The Morgan fingerprint density at radius 1 is 1.29 bits per heavy atom. The van der Waals surface area contributed by atoms with E-state index < -0.39 is 0 Å². The van der Waals surface area contributed by atoms with Gasteiger partial charge < -0.3 is 15.8 Å². The van der Waals surface area contributed by atoms with Crippen molar-refractivity contribution >= 4 is 11.6 Å². The third-order valence-electron chi connectivity index (χ3n) is 2.76. The molecule has 1 amide bonds. The lowest BCUT2D eigenvalue weighted by Crippen LogP contribution is -2.20. The highest BCUT2D eigenvalue weighted by Crippen LogP contribution is 2.10. The maximum atomic E-state index is 11.7. The van der Waals surface area contributed by atoms with Gasteiger partial charge >= 0.3 is 0 Å². The monoisotopic (exact) mass is 285 g/mol. The van der Waals surface area contributed by atoms with Crippen LogP contribution in [0.25, 0.3) is 0 Å². The SMILES string of the molecule is CC(N)Cc1ccc(OCC(=O)Nc2ccccc2)cn1. The lowest BCUT2D eigenvalue weighted by Gasteiger charge is -2.08. The van der Waals surface area contributed by atoms with E-state index >= 15 is 0 Å². The zero-order valence-corrected chi connectivity index (χ0v) is 12.0. The Hall–Kier alpha value is -2.40. The molecule has 1 atom stereocenters. The zero-order valence-electron chi connectivity index (χ0n) is 12.0. The van der Waals surface area contributed by atoms with Gasteiger partial charge in [-0.1, -0.05) is 18.2 Å². The minimum atomic E-state index is -0.208. The molecule has 5 nitrogen and oxygen atoms in total. The number of anilines is 1. The lowest BCUT2D eigenvalue weighted by molar-refractivity contribution is -0.118. The molecule has 21 heavy (non-hydrogen) atoms. The number of hydrogen-bond acceptors (Lipinski definition) is 4. The largest absolute Gasteiger partial charge is 0.482 e. The van der Waals surface area contributed by atoms with E-state index in [2.05, 4.69) is 10.3 Å². The molecule has 0 fully saturated rings. The molecule has 0 saturated heterocycles. The fraction of sp³-hybridized carbons (Fsp3) is 0.250. The summed E-state index contributed by atoms with van der Waals surface area (Å²) in [7, 11) is 0. The van der Waals surface area contributed by atoms with Crippen LogP contribution in [0, 0.1) is 0 Å². The first kappa shape index (κ1) is 15.0. The van der Waals surface area contributed by atoms with Crippen molar-refractivity contribution in [3.8, 4) is 5.75 Å². The number of carbonyl (C=O) groups is 1. The molecular weight excluding hydrogens is 266 g/mol. The number of carbonyl (C=O) groups excluding carboxylic acids is 1. The first-order valence-electron chi connectivity index (χ1n) is 6.81. The lowest BCUT2D eigenvalue weighted by atomic mass is 10.2. The number of nitrogens with zero attached hydrogens (tertiary/aromatic N) is 1. The highest BCUT2D eigenvalue weighted by atomic mass is 16.5. The summed E-state index contributed by atoms with van der Waals surface area (Å²) < 4.78 is 5.39. The maximum absolute atomic E-state index is 11.7. The Bertz CT molecular complexity index is 568. The molecule has 1 unspecified atom stereocenters. The topological polar surface area (TPSA) is 77.2 Å². The number of benzene rings is 1. The standard InChI is InChI=1S/C16H19N3O2/c1-12(17)9-14-7-8-15(10-18-14)21-11-16(20)19-13-5-3-2-4-6-13/h2-8,10,12H,9,11,17H2,1H3,(H,19,20). The van der Waals surface area contributed by atoms with Crippen LogP contribution in [-0.4, -0.2) is 23.5 Å². The molecule has 1 aromatic heterocycles. The minimum Gasteiger partial charge on any atom is -0.482 e. The van der Waals surface area contributed by atoms with Crippen LogP contribution in [0.2, 0.25) is 0 Å². The van der Waals surface area contributed by atoms with E-state index in [9.17, 15) is 4.79 Å². The number of ether oxygens (including phenoxy) is 1. The van der Waals surface area contributed by atoms with Gasteiger partial charge in [0.25, 0.3) is 5.91 Å². The smallest absolute Gasteiger partial charge is 0.262 e. The van der Waals surface area contributed by atoms with Gasteiger partial charge in [0.15, 0.2) is 6.61 Å². The van der Waals surface area contributed by atoms with E-state index in [1.807, 2.05) is 43.3 Å². The molecule has 2 aromatic rings. The maximum Gasteiger partial charge on any atom is 0.262 e. The molecule has 0 radical (unpaired) electrons. The summed E-state index contributed by atoms with van der Waals surface area (Å²) in [6, 6.07) is 13.0. The van der Waals surface area contributed by atoms with Crippen molar-refractivity contribution in [3.05, 3.63) is 54.4 Å². The first-order valence-corrected chi connectivity index (χ1v) is 6.81. The van der Waals surface area contributed by atoms with Gasteiger partial charge in [-0.15, -0.1) is 0 Å². The van der Waals surface area contributed by atoms with E-state index in [1.165, 1.54) is 0 Å². The number of aromatic nitrogens is 1. The highest BCUT2D eigenvalue weighted by Gasteiger charge is 2.04. The average Bonchev–Trinajstić information content (AvgIpc) is 2.47. The predicted octanol–water partition coefficient (Wildman–Crippen LogP) is 1.99. The summed E-state index contributed by atoms with van der Waals surface area (Å²) in [5.41, 5.74) is 7.37. The summed E-state index contributed by atoms with van der Waals surface area (Å²) in [6.07, 6.45) is 2.32. The van der Waals surface area contributed by atoms with E-state index in [0.717, 1.165) is 17.8 Å². The fourth-order valence-electron chi connectivity index (χ4n) is 1.81. The van der Waals surface area contributed by atoms with E-state index in [0.29, 0.717) is 5.75 Å². The van der Waals surface area contributed by atoms with Gasteiger partial charge in [0, 0.05) is 23.8 Å². The van der Waals surface area contributed by atoms with Gasteiger partial charge in [-0.05, 0) is 31.2 Å². The first-order chi connectivity index (χ1) is 10.1. The van der Waals surface area contributed by atoms with Gasteiger partial charge in [-0.2, -0.15) is 0 Å². The Balaban J connectivity index is 1.81. The second-order valence-corrected chi connectivity index (χ2v) is 4.87. The number of nitrogens with one attached hydrogen (secondary N) is 1. The molecular formula is C16H19N3O2. The van der Waals surface area contributed by atoms with Crippen LogP contribution < -0.4 is 15.8 Å². The summed E-state index contributed by atoms with van der Waals surface area (Å²) in [6.45, 7) is 1.88. The molecule has 5 heteroatoms. The minimum absolute atomic E-state index is 0.0524. The van der Waals surface area contributed by atoms with Crippen LogP contribution in [0.15, 0.2) is 48.7 Å². The van der Waals surface area contributed by atoms with Crippen LogP contribution in [0.1, 0.15) is 12.6 Å². The van der Waals surface area contributed by atoms with Crippen molar-refractivity contribution in [2.75, 3.05) is 11.9 Å². The number of hydrogen-bond donors (Lipinski definition) is 2. The normalized spacial score (nSPS) is 11.7. The molecule has 1 aromatic carbocycles. The number of amides is 1. The van der Waals surface area contributed by atoms with E-state index in [1.54, 1.807) is 12.3 Å². The second kappa shape index (κ2) is 7.40. The molecule has 2 rings (SSSR count). The summed E-state index contributed by atoms with van der Waals surface area (Å²) in [5, 5.41) is 2.75. The average molecular weight is 285 g/mol. The third kappa shape index (κ3) is 5.24. The summed E-state index contributed by atoms with van der Waals surface area (Å²) in [4.78, 5) is 16.0. The van der Waals surface area contributed by atoms with Gasteiger partial charge in [0.05, 0.1) is 6.20 Å². The van der Waals surface area contributed by atoms with Crippen LogP contribution in [0.5, 0.6) is 5.75 Å². The van der Waals surface area contributed by atoms with E-state index in [4.69, 9.17) is 10.5 Å². The van der Waals surface area contributed by atoms with Crippen LogP contribution in [-0.2, 0) is 11.2 Å². The number of rotatable bonds is 6.